The predicted molar refractivity (Wildman–Crippen MR) is 99.0 cm³/mol. The van der Waals surface area contributed by atoms with Crippen LogP contribution in [0.25, 0.3) is 5.69 Å². The standard InChI is InChI=1S/C19H23N5O3/c1-3-10-23-18(26)16(21-19(23)27)12-17(25)22(2)13-14-5-7-15(8-6-14)24-11-4-9-20-24/h4-9,11,16H,3,10,12-13H2,1-2H3,(H,21,27). The fraction of sp³-hybridized carbons (Fsp3) is 0.368. The van der Waals surface area contributed by atoms with E-state index in [-0.39, 0.29) is 18.2 Å². The topological polar surface area (TPSA) is 87.5 Å². The van der Waals surface area contributed by atoms with Crippen molar-refractivity contribution in [2.24, 2.45) is 0 Å². The van der Waals surface area contributed by atoms with Crippen LogP contribution in [0, 0.1) is 0 Å². The van der Waals surface area contributed by atoms with Crippen LogP contribution in [-0.2, 0) is 16.1 Å². The van der Waals surface area contributed by atoms with E-state index >= 15 is 0 Å². The highest BCUT2D eigenvalue weighted by molar-refractivity contribution is 6.05. The second-order valence-corrected chi connectivity index (χ2v) is 6.56. The number of carbonyl (C=O) groups excluding carboxylic acids is 3. The van der Waals surface area contributed by atoms with Gasteiger partial charge >= 0.3 is 6.03 Å². The van der Waals surface area contributed by atoms with Crippen molar-refractivity contribution in [2.45, 2.75) is 32.4 Å². The minimum atomic E-state index is -0.777. The monoisotopic (exact) mass is 369 g/mol. The number of carbonyl (C=O) groups is 3. The molecular formula is C19H23N5O3. The Morgan fingerprint density at radius 2 is 2.00 bits per heavy atom. The molecule has 27 heavy (non-hydrogen) atoms. The van der Waals surface area contributed by atoms with Crippen molar-refractivity contribution in [1.29, 1.82) is 0 Å². The number of urea groups is 1. The second kappa shape index (κ2) is 8.03. The van der Waals surface area contributed by atoms with Crippen LogP contribution < -0.4 is 5.32 Å². The molecule has 1 aliphatic heterocycles. The zero-order chi connectivity index (χ0) is 19.4. The summed E-state index contributed by atoms with van der Waals surface area (Å²) in [6.07, 6.45) is 4.23. The minimum Gasteiger partial charge on any atom is -0.341 e. The van der Waals surface area contributed by atoms with E-state index in [1.54, 1.807) is 22.8 Å². The van der Waals surface area contributed by atoms with Gasteiger partial charge in [0.1, 0.15) is 6.04 Å². The van der Waals surface area contributed by atoms with Crippen molar-refractivity contribution in [3.63, 3.8) is 0 Å². The van der Waals surface area contributed by atoms with Crippen LogP contribution in [0.15, 0.2) is 42.7 Å². The largest absolute Gasteiger partial charge is 0.341 e. The molecule has 8 nitrogen and oxygen atoms in total. The van der Waals surface area contributed by atoms with Crippen LogP contribution in [-0.4, -0.2) is 57.1 Å². The Morgan fingerprint density at radius 1 is 1.26 bits per heavy atom. The first-order valence-corrected chi connectivity index (χ1v) is 8.94. The van der Waals surface area contributed by atoms with Crippen molar-refractivity contribution in [2.75, 3.05) is 13.6 Å². The van der Waals surface area contributed by atoms with Crippen molar-refractivity contribution in [1.82, 2.24) is 24.9 Å². The molecule has 142 valence electrons. The molecule has 1 aromatic carbocycles. The lowest BCUT2D eigenvalue weighted by molar-refractivity contribution is -0.135. The average molecular weight is 369 g/mol. The van der Waals surface area contributed by atoms with Gasteiger partial charge in [-0.3, -0.25) is 14.5 Å². The maximum absolute atomic E-state index is 12.5. The van der Waals surface area contributed by atoms with Crippen LogP contribution in [0.2, 0.25) is 0 Å². The number of amides is 4. The number of imide groups is 1. The zero-order valence-corrected chi connectivity index (χ0v) is 15.5. The maximum Gasteiger partial charge on any atom is 0.324 e. The van der Waals surface area contributed by atoms with E-state index in [1.165, 1.54) is 4.90 Å². The Balaban J connectivity index is 1.56. The summed E-state index contributed by atoms with van der Waals surface area (Å²) in [4.78, 5) is 39.3. The summed E-state index contributed by atoms with van der Waals surface area (Å²) in [6.45, 7) is 2.68. The van der Waals surface area contributed by atoms with Crippen LogP contribution in [0.5, 0.6) is 0 Å². The summed E-state index contributed by atoms with van der Waals surface area (Å²) in [7, 11) is 1.69. The molecule has 0 saturated carbocycles. The lowest BCUT2D eigenvalue weighted by Crippen LogP contribution is -2.37. The molecule has 1 fully saturated rings. The molecule has 2 aromatic rings. The van der Waals surface area contributed by atoms with Gasteiger partial charge in [0, 0.05) is 32.5 Å². The first-order valence-electron chi connectivity index (χ1n) is 8.94. The Bertz CT molecular complexity index is 816. The van der Waals surface area contributed by atoms with E-state index in [4.69, 9.17) is 0 Å². The number of rotatable bonds is 7. The Labute approximate surface area is 157 Å². The highest BCUT2D eigenvalue weighted by Gasteiger charge is 2.38. The molecule has 1 aromatic heterocycles. The van der Waals surface area contributed by atoms with Crippen molar-refractivity contribution < 1.29 is 14.4 Å². The van der Waals surface area contributed by atoms with E-state index in [0.717, 1.165) is 11.3 Å². The molecule has 3 rings (SSSR count). The molecule has 0 radical (unpaired) electrons. The molecule has 1 unspecified atom stereocenters. The average Bonchev–Trinajstić information content (AvgIpc) is 3.27. The van der Waals surface area contributed by atoms with E-state index in [1.807, 2.05) is 43.5 Å². The van der Waals surface area contributed by atoms with E-state index in [0.29, 0.717) is 19.5 Å². The molecule has 1 aliphatic rings. The molecule has 0 aliphatic carbocycles. The van der Waals surface area contributed by atoms with Crippen molar-refractivity contribution in [3.05, 3.63) is 48.3 Å². The van der Waals surface area contributed by atoms with Gasteiger partial charge in [-0.2, -0.15) is 5.10 Å². The maximum atomic E-state index is 12.5. The van der Waals surface area contributed by atoms with Crippen LogP contribution in [0.4, 0.5) is 4.79 Å². The van der Waals surface area contributed by atoms with E-state index in [9.17, 15) is 14.4 Å². The van der Waals surface area contributed by atoms with Gasteiger partial charge < -0.3 is 10.2 Å². The number of nitrogens with one attached hydrogen (secondary N) is 1. The number of nitrogens with zero attached hydrogens (tertiary/aromatic N) is 4. The third-order valence-electron chi connectivity index (χ3n) is 4.48. The van der Waals surface area contributed by atoms with Gasteiger partial charge in [0.25, 0.3) is 5.91 Å². The smallest absolute Gasteiger partial charge is 0.324 e. The highest BCUT2D eigenvalue weighted by atomic mass is 16.2. The minimum absolute atomic E-state index is 0.0351. The predicted octanol–water partition coefficient (Wildman–Crippen LogP) is 1.55. The Kier molecular flexibility index (Phi) is 5.54. The number of benzene rings is 1. The Morgan fingerprint density at radius 3 is 2.63 bits per heavy atom. The number of hydrogen-bond acceptors (Lipinski definition) is 4. The molecular weight excluding hydrogens is 346 g/mol. The lowest BCUT2D eigenvalue weighted by atomic mass is 10.1. The molecule has 4 amide bonds. The normalized spacial score (nSPS) is 16.5. The SMILES string of the molecule is CCCN1C(=O)NC(CC(=O)N(C)Cc2ccc(-n3cccn3)cc2)C1=O. The van der Waals surface area contributed by atoms with Gasteiger partial charge in [0.15, 0.2) is 0 Å². The summed E-state index contributed by atoms with van der Waals surface area (Å²) in [6, 6.07) is 8.40. The zero-order valence-electron chi connectivity index (χ0n) is 15.5. The van der Waals surface area contributed by atoms with E-state index in [2.05, 4.69) is 10.4 Å². The van der Waals surface area contributed by atoms with Crippen LogP contribution >= 0.6 is 0 Å². The molecule has 1 atom stereocenters. The fourth-order valence-corrected chi connectivity index (χ4v) is 3.02. The quantitative estimate of drug-likeness (QED) is 0.750. The lowest BCUT2D eigenvalue weighted by Gasteiger charge is -2.19. The van der Waals surface area contributed by atoms with Gasteiger partial charge in [-0.15, -0.1) is 0 Å². The van der Waals surface area contributed by atoms with Gasteiger partial charge in [-0.25, -0.2) is 9.48 Å². The first-order chi connectivity index (χ1) is 13.0. The Hall–Kier alpha value is -3.16. The summed E-state index contributed by atoms with van der Waals surface area (Å²) in [5.41, 5.74) is 1.91. The van der Waals surface area contributed by atoms with Crippen LogP contribution in [0.3, 0.4) is 0 Å². The first kappa shape index (κ1) is 18.6. The van der Waals surface area contributed by atoms with E-state index < -0.39 is 12.1 Å². The molecule has 8 heteroatoms. The van der Waals surface area contributed by atoms with Gasteiger partial charge in [0.05, 0.1) is 12.1 Å². The summed E-state index contributed by atoms with van der Waals surface area (Å²) < 4.78 is 1.76. The third kappa shape index (κ3) is 4.16. The van der Waals surface area contributed by atoms with Gasteiger partial charge in [-0.1, -0.05) is 19.1 Å². The molecule has 0 bridgehead atoms. The van der Waals surface area contributed by atoms with Crippen molar-refractivity contribution in [3.8, 4) is 5.69 Å². The summed E-state index contributed by atoms with van der Waals surface area (Å²) in [5, 5.41) is 6.77. The molecule has 1 N–H and O–H groups in total. The number of aromatic nitrogens is 2. The highest BCUT2D eigenvalue weighted by Crippen LogP contribution is 2.14. The van der Waals surface area contributed by atoms with Crippen molar-refractivity contribution >= 4 is 17.8 Å². The summed E-state index contributed by atoms with van der Waals surface area (Å²) in [5.74, 6) is -0.518. The third-order valence-corrected chi connectivity index (χ3v) is 4.48. The summed E-state index contributed by atoms with van der Waals surface area (Å²) >= 11 is 0. The molecule has 1 saturated heterocycles. The van der Waals surface area contributed by atoms with Gasteiger partial charge in [0.2, 0.25) is 5.91 Å². The number of hydrogen-bond donors (Lipinski definition) is 1. The van der Waals surface area contributed by atoms with Crippen LogP contribution in [0.1, 0.15) is 25.3 Å². The van der Waals surface area contributed by atoms with Gasteiger partial charge in [-0.05, 0) is 30.2 Å². The second-order valence-electron chi connectivity index (χ2n) is 6.56. The molecule has 2 heterocycles. The molecule has 0 spiro atoms. The fourth-order valence-electron chi connectivity index (χ4n) is 3.02.